The highest BCUT2D eigenvalue weighted by Gasteiger charge is 2.42. The predicted molar refractivity (Wildman–Crippen MR) is 77.8 cm³/mol. The van der Waals surface area contributed by atoms with Gasteiger partial charge >= 0.3 is 0 Å². The largest absolute Gasteiger partial charge is 0.459 e. The molecule has 2 saturated heterocycles. The molecule has 2 aliphatic rings. The van der Waals surface area contributed by atoms with Crippen LogP contribution in [0.4, 0.5) is 0 Å². The second kappa shape index (κ2) is 5.81. The van der Waals surface area contributed by atoms with E-state index < -0.39 is 9.84 Å². The monoisotopic (exact) mass is 312 g/mol. The van der Waals surface area contributed by atoms with E-state index in [2.05, 4.69) is 10.2 Å². The summed E-state index contributed by atoms with van der Waals surface area (Å²) in [6, 6.07) is 2.75. The maximum Gasteiger partial charge on any atom is 0.287 e. The van der Waals surface area contributed by atoms with Crippen LogP contribution in [0.25, 0.3) is 0 Å². The van der Waals surface area contributed by atoms with Gasteiger partial charge in [0.15, 0.2) is 15.6 Å². The van der Waals surface area contributed by atoms with E-state index in [1.54, 1.807) is 12.1 Å². The van der Waals surface area contributed by atoms with Crippen molar-refractivity contribution >= 4 is 15.7 Å². The molecule has 0 radical (unpaired) electrons. The number of likely N-dealkylation sites (tertiary alicyclic amines) is 1. The van der Waals surface area contributed by atoms with Gasteiger partial charge in [-0.1, -0.05) is 6.42 Å². The minimum Gasteiger partial charge on any atom is -0.459 e. The molecular formula is C14H20N2O4S. The van der Waals surface area contributed by atoms with Crippen molar-refractivity contribution < 1.29 is 17.6 Å². The normalized spacial score (nSPS) is 29.3. The third-order valence-corrected chi connectivity index (χ3v) is 5.96. The maximum absolute atomic E-state index is 12.1. The van der Waals surface area contributed by atoms with Crippen molar-refractivity contribution in [3.63, 3.8) is 0 Å². The van der Waals surface area contributed by atoms with Crippen molar-refractivity contribution in [1.82, 2.24) is 10.2 Å². The Balaban J connectivity index is 1.73. The zero-order valence-electron chi connectivity index (χ0n) is 11.8. The van der Waals surface area contributed by atoms with Gasteiger partial charge in [0.25, 0.3) is 5.91 Å². The second-order valence-electron chi connectivity index (χ2n) is 5.80. The SMILES string of the molecule is O=C(NC1CS(=O)(=O)CC1N1CCCCC1)c1ccco1. The molecule has 3 rings (SSSR count). The molecule has 116 valence electrons. The highest BCUT2D eigenvalue weighted by Crippen LogP contribution is 2.22. The Morgan fingerprint density at radius 1 is 1.24 bits per heavy atom. The van der Waals surface area contributed by atoms with Crippen LogP contribution in [0, 0.1) is 0 Å². The Labute approximate surface area is 124 Å². The number of amides is 1. The molecule has 1 aromatic heterocycles. The molecule has 2 atom stereocenters. The molecule has 7 heteroatoms. The summed E-state index contributed by atoms with van der Waals surface area (Å²) in [6.07, 6.45) is 4.81. The number of nitrogens with zero attached hydrogens (tertiary/aromatic N) is 1. The molecule has 1 aromatic rings. The molecule has 1 N–H and O–H groups in total. The summed E-state index contributed by atoms with van der Waals surface area (Å²) < 4.78 is 29.0. The minimum absolute atomic E-state index is 0.0145. The van der Waals surface area contributed by atoms with Crippen LogP contribution in [-0.2, 0) is 9.84 Å². The van der Waals surface area contributed by atoms with Crippen molar-refractivity contribution in [3.8, 4) is 0 Å². The summed E-state index contributed by atoms with van der Waals surface area (Å²) in [5.74, 6) is 0.0253. The minimum atomic E-state index is -3.10. The Bertz CT molecular complexity index is 591. The van der Waals surface area contributed by atoms with E-state index in [9.17, 15) is 13.2 Å². The first-order chi connectivity index (χ1) is 10.1. The lowest BCUT2D eigenvalue weighted by Gasteiger charge is -2.34. The lowest BCUT2D eigenvalue weighted by molar-refractivity contribution is 0.0872. The Kier molecular flexibility index (Phi) is 4.03. The standard InChI is InChI=1S/C14H20N2O4S/c17-14(13-5-4-8-20-13)15-11-9-21(18,19)10-12(11)16-6-2-1-3-7-16/h4-5,8,11-12H,1-3,6-7,9-10H2,(H,15,17). The molecular weight excluding hydrogens is 292 g/mol. The van der Waals surface area contributed by atoms with E-state index in [1.807, 2.05) is 0 Å². The van der Waals surface area contributed by atoms with E-state index >= 15 is 0 Å². The molecule has 3 heterocycles. The molecule has 0 aromatic carbocycles. The van der Waals surface area contributed by atoms with Crippen LogP contribution in [0.3, 0.4) is 0 Å². The molecule has 2 aliphatic heterocycles. The molecule has 6 nitrogen and oxygen atoms in total. The number of piperidine rings is 1. The van der Waals surface area contributed by atoms with Crippen LogP contribution in [0.1, 0.15) is 29.8 Å². The number of nitrogens with one attached hydrogen (secondary N) is 1. The fourth-order valence-corrected chi connectivity index (χ4v) is 5.18. The van der Waals surface area contributed by atoms with E-state index in [1.165, 1.54) is 12.7 Å². The smallest absolute Gasteiger partial charge is 0.287 e. The van der Waals surface area contributed by atoms with E-state index in [0.29, 0.717) is 0 Å². The van der Waals surface area contributed by atoms with E-state index in [-0.39, 0.29) is 35.3 Å². The van der Waals surface area contributed by atoms with Gasteiger partial charge in [-0.2, -0.15) is 0 Å². The van der Waals surface area contributed by atoms with Gasteiger partial charge < -0.3 is 9.73 Å². The van der Waals surface area contributed by atoms with Crippen molar-refractivity contribution in [2.45, 2.75) is 31.3 Å². The summed E-state index contributed by atoms with van der Waals surface area (Å²) in [5, 5.41) is 2.83. The summed E-state index contributed by atoms with van der Waals surface area (Å²) in [4.78, 5) is 14.3. The average Bonchev–Trinajstić information content (AvgIpc) is 3.07. The van der Waals surface area contributed by atoms with Crippen molar-refractivity contribution in [3.05, 3.63) is 24.2 Å². The molecule has 0 aliphatic carbocycles. The van der Waals surface area contributed by atoms with Crippen LogP contribution in [0.5, 0.6) is 0 Å². The zero-order valence-corrected chi connectivity index (χ0v) is 12.6. The second-order valence-corrected chi connectivity index (χ2v) is 7.95. The Hall–Kier alpha value is -1.34. The molecule has 0 spiro atoms. The first-order valence-corrected chi connectivity index (χ1v) is 9.16. The number of sulfone groups is 1. The van der Waals surface area contributed by atoms with Crippen LogP contribution < -0.4 is 5.32 Å². The van der Waals surface area contributed by atoms with Gasteiger partial charge in [-0.25, -0.2) is 8.42 Å². The third kappa shape index (κ3) is 3.29. The predicted octanol–water partition coefficient (Wildman–Crippen LogP) is 0.661. The van der Waals surface area contributed by atoms with Crippen LogP contribution in [0.15, 0.2) is 22.8 Å². The fourth-order valence-electron chi connectivity index (χ4n) is 3.22. The number of carbonyl (C=O) groups excluding carboxylic acids is 1. The topological polar surface area (TPSA) is 79.6 Å². The Morgan fingerprint density at radius 3 is 2.67 bits per heavy atom. The van der Waals surface area contributed by atoms with Crippen LogP contribution in [0.2, 0.25) is 0 Å². The first-order valence-electron chi connectivity index (χ1n) is 7.34. The average molecular weight is 312 g/mol. The van der Waals surface area contributed by atoms with Crippen LogP contribution in [-0.4, -0.2) is 55.9 Å². The van der Waals surface area contributed by atoms with Gasteiger partial charge in [0.2, 0.25) is 0 Å². The summed E-state index contributed by atoms with van der Waals surface area (Å²) in [5.41, 5.74) is 0. The lowest BCUT2D eigenvalue weighted by atomic mass is 10.0. The Morgan fingerprint density at radius 2 is 2.00 bits per heavy atom. The van der Waals surface area contributed by atoms with Gasteiger partial charge in [0.1, 0.15) is 0 Å². The maximum atomic E-state index is 12.1. The van der Waals surface area contributed by atoms with Crippen molar-refractivity contribution in [2.75, 3.05) is 24.6 Å². The van der Waals surface area contributed by atoms with Crippen molar-refractivity contribution in [2.24, 2.45) is 0 Å². The van der Waals surface area contributed by atoms with Gasteiger partial charge in [-0.05, 0) is 38.1 Å². The van der Waals surface area contributed by atoms with Gasteiger partial charge in [0, 0.05) is 6.04 Å². The van der Waals surface area contributed by atoms with Gasteiger partial charge in [-0.3, -0.25) is 9.69 Å². The number of rotatable bonds is 3. The lowest BCUT2D eigenvalue weighted by Crippen LogP contribution is -2.52. The zero-order chi connectivity index (χ0) is 14.9. The molecule has 2 fully saturated rings. The number of carbonyl (C=O) groups is 1. The molecule has 2 unspecified atom stereocenters. The first kappa shape index (κ1) is 14.6. The highest BCUT2D eigenvalue weighted by molar-refractivity contribution is 7.91. The summed E-state index contributed by atoms with van der Waals surface area (Å²) in [6.45, 7) is 1.82. The van der Waals surface area contributed by atoms with E-state index in [0.717, 1.165) is 25.9 Å². The number of hydrogen-bond donors (Lipinski definition) is 1. The molecule has 1 amide bonds. The molecule has 0 bridgehead atoms. The molecule has 21 heavy (non-hydrogen) atoms. The van der Waals surface area contributed by atoms with Gasteiger partial charge in [0.05, 0.1) is 23.8 Å². The summed E-state index contributed by atoms with van der Waals surface area (Å²) >= 11 is 0. The van der Waals surface area contributed by atoms with Crippen LogP contribution >= 0.6 is 0 Å². The highest BCUT2D eigenvalue weighted by atomic mass is 32.2. The third-order valence-electron chi connectivity index (χ3n) is 4.24. The fraction of sp³-hybridized carbons (Fsp3) is 0.643. The van der Waals surface area contributed by atoms with Crippen molar-refractivity contribution in [1.29, 1.82) is 0 Å². The number of hydrogen-bond acceptors (Lipinski definition) is 5. The van der Waals surface area contributed by atoms with Gasteiger partial charge in [-0.15, -0.1) is 0 Å². The summed E-state index contributed by atoms with van der Waals surface area (Å²) in [7, 11) is -3.10. The molecule has 0 saturated carbocycles. The quantitative estimate of drug-likeness (QED) is 0.887. The number of furan rings is 1. The van der Waals surface area contributed by atoms with E-state index in [4.69, 9.17) is 4.42 Å².